The summed E-state index contributed by atoms with van der Waals surface area (Å²) < 4.78 is 6.68. The van der Waals surface area contributed by atoms with E-state index in [4.69, 9.17) is 4.74 Å². The highest BCUT2D eigenvalue weighted by Gasteiger charge is 2.12. The predicted octanol–water partition coefficient (Wildman–Crippen LogP) is 2.16. The maximum atomic E-state index is 5.36. The molecule has 0 spiro atoms. The van der Waals surface area contributed by atoms with Crippen LogP contribution in [0.1, 0.15) is 12.0 Å². The third-order valence-corrected chi connectivity index (χ3v) is 4.74. The van der Waals surface area contributed by atoms with Crippen molar-refractivity contribution in [2.24, 2.45) is 0 Å². The Hall–Kier alpha value is -1.17. The Morgan fingerprint density at radius 2 is 2.20 bits per heavy atom. The summed E-state index contributed by atoms with van der Waals surface area (Å²) in [6.07, 6.45) is 1.17. The van der Waals surface area contributed by atoms with E-state index in [9.17, 15) is 0 Å². The van der Waals surface area contributed by atoms with Gasteiger partial charge in [0.2, 0.25) is 0 Å². The molecule has 1 aliphatic rings. The number of H-pyrrole nitrogens is 1. The Kier molecular flexibility index (Phi) is 4.50. The van der Waals surface area contributed by atoms with E-state index in [-0.39, 0.29) is 0 Å². The molecule has 2 aromatic rings. The average molecular weight is 292 g/mol. The van der Waals surface area contributed by atoms with Crippen molar-refractivity contribution >= 4 is 26.7 Å². The fourth-order valence-corrected chi connectivity index (χ4v) is 3.55. The zero-order valence-electron chi connectivity index (χ0n) is 11.9. The van der Waals surface area contributed by atoms with Crippen molar-refractivity contribution in [3.05, 3.63) is 23.8 Å². The Morgan fingerprint density at radius 1 is 1.35 bits per heavy atom. The molecular formula is C15H22N3OS+. The largest absolute Gasteiger partial charge is 0.379 e. The third kappa shape index (κ3) is 3.29. The van der Waals surface area contributed by atoms with Crippen LogP contribution in [0.5, 0.6) is 0 Å². The van der Waals surface area contributed by atoms with E-state index >= 15 is 0 Å². The maximum Gasteiger partial charge on any atom is 0.332 e. The molecule has 0 unspecified atom stereocenters. The highest BCUT2D eigenvalue weighted by molar-refractivity contribution is 7.21. The van der Waals surface area contributed by atoms with Gasteiger partial charge in [-0.2, -0.15) is 0 Å². The Bertz CT molecular complexity index is 563. The lowest BCUT2D eigenvalue weighted by Gasteiger charge is -2.26. The minimum absolute atomic E-state index is 0.886. The SMILES string of the molecule is Cc1cccc2sc(NCCCN3CCOCC3)[nH+]c12. The molecular weight excluding hydrogens is 270 g/mol. The van der Waals surface area contributed by atoms with Gasteiger partial charge in [0, 0.05) is 19.6 Å². The van der Waals surface area contributed by atoms with E-state index in [1.54, 1.807) is 11.3 Å². The summed E-state index contributed by atoms with van der Waals surface area (Å²) in [6.45, 7) is 8.24. The van der Waals surface area contributed by atoms with Gasteiger partial charge < -0.3 is 4.74 Å². The number of nitrogens with zero attached hydrogens (tertiary/aromatic N) is 1. The Balaban J connectivity index is 1.48. The van der Waals surface area contributed by atoms with E-state index in [1.807, 2.05) is 0 Å². The number of benzene rings is 1. The molecule has 108 valence electrons. The first kappa shape index (κ1) is 13.8. The van der Waals surface area contributed by atoms with Gasteiger partial charge in [-0.05, 0) is 36.3 Å². The first-order valence-electron chi connectivity index (χ1n) is 7.28. The average Bonchev–Trinajstić information content (AvgIpc) is 2.89. The van der Waals surface area contributed by atoms with Crippen molar-refractivity contribution in [3.8, 4) is 0 Å². The van der Waals surface area contributed by atoms with Gasteiger partial charge in [-0.25, -0.2) is 4.98 Å². The van der Waals surface area contributed by atoms with E-state index < -0.39 is 0 Å². The molecule has 5 heteroatoms. The Morgan fingerprint density at radius 3 is 3.00 bits per heavy atom. The fraction of sp³-hybridized carbons (Fsp3) is 0.533. The summed E-state index contributed by atoms with van der Waals surface area (Å²) >= 11 is 1.80. The molecule has 1 aromatic carbocycles. The van der Waals surface area contributed by atoms with Gasteiger partial charge in [0.1, 0.15) is 5.52 Å². The minimum atomic E-state index is 0.886. The number of ether oxygens (including phenoxy) is 1. The van der Waals surface area contributed by atoms with Gasteiger partial charge in [-0.15, -0.1) is 0 Å². The van der Waals surface area contributed by atoms with Crippen molar-refractivity contribution in [1.29, 1.82) is 0 Å². The van der Waals surface area contributed by atoms with Crippen LogP contribution in [0, 0.1) is 6.92 Å². The van der Waals surface area contributed by atoms with Crippen LogP contribution in [-0.4, -0.2) is 44.3 Å². The lowest BCUT2D eigenvalue weighted by molar-refractivity contribution is -0.322. The number of morpholine rings is 1. The number of aromatic amines is 1. The zero-order chi connectivity index (χ0) is 13.8. The number of fused-ring (bicyclic) bond motifs is 1. The topological polar surface area (TPSA) is 38.6 Å². The van der Waals surface area contributed by atoms with Crippen molar-refractivity contribution in [3.63, 3.8) is 0 Å². The summed E-state index contributed by atoms with van der Waals surface area (Å²) in [6, 6.07) is 6.43. The van der Waals surface area contributed by atoms with Gasteiger partial charge in [-0.3, -0.25) is 10.2 Å². The number of rotatable bonds is 5. The molecule has 0 bridgehead atoms. The molecule has 0 atom stereocenters. The first-order chi connectivity index (χ1) is 9.83. The highest BCUT2D eigenvalue weighted by Crippen LogP contribution is 2.23. The molecule has 3 rings (SSSR count). The van der Waals surface area contributed by atoms with Crippen LogP contribution in [0.15, 0.2) is 18.2 Å². The molecule has 2 N–H and O–H groups in total. The van der Waals surface area contributed by atoms with Crippen molar-refractivity contribution in [1.82, 2.24) is 4.90 Å². The maximum absolute atomic E-state index is 5.36. The molecule has 1 aliphatic heterocycles. The van der Waals surface area contributed by atoms with Crippen molar-refractivity contribution < 1.29 is 9.72 Å². The molecule has 1 saturated heterocycles. The second kappa shape index (κ2) is 6.52. The quantitative estimate of drug-likeness (QED) is 0.858. The van der Waals surface area contributed by atoms with Crippen LogP contribution >= 0.6 is 11.3 Å². The molecule has 0 saturated carbocycles. The smallest absolute Gasteiger partial charge is 0.332 e. The van der Waals surface area contributed by atoms with Gasteiger partial charge in [0.05, 0.1) is 24.5 Å². The van der Waals surface area contributed by atoms with E-state index in [0.717, 1.165) is 44.5 Å². The second-order valence-corrected chi connectivity index (χ2v) is 6.29. The molecule has 0 amide bonds. The van der Waals surface area contributed by atoms with Gasteiger partial charge in [0.15, 0.2) is 0 Å². The Labute approximate surface area is 123 Å². The standard InChI is InChI=1S/C15H21N3OS/c1-12-4-2-5-13-14(12)17-15(20-13)16-6-3-7-18-8-10-19-11-9-18/h2,4-5H,3,6-11H2,1H3,(H,16,17)/p+1. The lowest BCUT2D eigenvalue weighted by Crippen LogP contribution is -2.37. The van der Waals surface area contributed by atoms with E-state index in [0.29, 0.717) is 0 Å². The molecule has 1 aromatic heterocycles. The van der Waals surface area contributed by atoms with Gasteiger partial charge in [0.25, 0.3) is 0 Å². The molecule has 4 nitrogen and oxygen atoms in total. The van der Waals surface area contributed by atoms with Crippen molar-refractivity contribution in [2.75, 3.05) is 44.7 Å². The van der Waals surface area contributed by atoms with E-state index in [1.165, 1.54) is 22.2 Å². The van der Waals surface area contributed by atoms with Gasteiger partial charge >= 0.3 is 5.13 Å². The van der Waals surface area contributed by atoms with Crippen LogP contribution in [0.25, 0.3) is 10.2 Å². The summed E-state index contributed by atoms with van der Waals surface area (Å²) in [5.74, 6) is 0. The normalized spacial score (nSPS) is 16.6. The number of aromatic nitrogens is 1. The number of aryl methyl sites for hydroxylation is 1. The second-order valence-electron chi connectivity index (χ2n) is 5.24. The number of nitrogens with one attached hydrogen (secondary N) is 2. The summed E-state index contributed by atoms with van der Waals surface area (Å²) in [7, 11) is 0. The highest BCUT2D eigenvalue weighted by atomic mass is 32.1. The minimum Gasteiger partial charge on any atom is -0.379 e. The zero-order valence-corrected chi connectivity index (χ0v) is 12.8. The number of hydrogen-bond acceptors (Lipinski definition) is 4. The number of para-hydroxylation sites is 1. The molecule has 1 fully saturated rings. The number of hydrogen-bond donors (Lipinski definition) is 1. The molecule has 0 radical (unpaired) electrons. The summed E-state index contributed by atoms with van der Waals surface area (Å²) in [4.78, 5) is 5.95. The first-order valence-corrected chi connectivity index (χ1v) is 8.10. The van der Waals surface area contributed by atoms with E-state index in [2.05, 4.69) is 40.3 Å². The van der Waals surface area contributed by atoms with Crippen LogP contribution in [0.2, 0.25) is 0 Å². The molecule has 20 heavy (non-hydrogen) atoms. The van der Waals surface area contributed by atoms with Crippen molar-refractivity contribution in [2.45, 2.75) is 13.3 Å². The third-order valence-electron chi connectivity index (χ3n) is 3.73. The fourth-order valence-electron chi connectivity index (χ4n) is 2.54. The number of anilines is 1. The van der Waals surface area contributed by atoms with Crippen LogP contribution in [-0.2, 0) is 4.74 Å². The van der Waals surface area contributed by atoms with Crippen LogP contribution < -0.4 is 10.3 Å². The van der Waals surface area contributed by atoms with Crippen LogP contribution in [0.3, 0.4) is 0 Å². The summed E-state index contributed by atoms with van der Waals surface area (Å²) in [5.41, 5.74) is 2.56. The predicted molar refractivity (Wildman–Crippen MR) is 83.5 cm³/mol. The monoisotopic (exact) mass is 292 g/mol. The molecule has 0 aliphatic carbocycles. The number of thiazole rings is 1. The van der Waals surface area contributed by atoms with Crippen LogP contribution in [0.4, 0.5) is 5.13 Å². The van der Waals surface area contributed by atoms with Gasteiger partial charge in [-0.1, -0.05) is 12.1 Å². The lowest BCUT2D eigenvalue weighted by atomic mass is 10.2. The summed E-state index contributed by atoms with van der Waals surface area (Å²) in [5, 5.41) is 4.67. The molecule has 2 heterocycles.